The summed E-state index contributed by atoms with van der Waals surface area (Å²) in [5.41, 5.74) is 9.34. The van der Waals surface area contributed by atoms with Crippen molar-refractivity contribution in [2.24, 2.45) is 5.73 Å². The van der Waals surface area contributed by atoms with Crippen molar-refractivity contribution < 1.29 is 9.59 Å². The minimum Gasteiger partial charge on any atom is -0.371 e. The van der Waals surface area contributed by atoms with Gasteiger partial charge in [-0.2, -0.15) is 9.78 Å². The minimum atomic E-state index is -0.633. The van der Waals surface area contributed by atoms with Crippen LogP contribution in [0, 0.1) is 6.92 Å². The number of amides is 2. The molecular weight excluding hydrogens is 380 g/mol. The summed E-state index contributed by atoms with van der Waals surface area (Å²) in [6.07, 6.45) is 4.02. The molecule has 2 aromatic rings. The quantitative estimate of drug-likeness (QED) is 0.834. The zero-order valence-corrected chi connectivity index (χ0v) is 17.8. The predicted molar refractivity (Wildman–Crippen MR) is 116 cm³/mol. The fourth-order valence-corrected chi connectivity index (χ4v) is 4.46. The summed E-state index contributed by atoms with van der Waals surface area (Å²) in [5.74, 6) is -0.633. The van der Waals surface area contributed by atoms with E-state index in [4.69, 9.17) is 5.73 Å². The Morgan fingerprint density at radius 2 is 1.90 bits per heavy atom. The highest BCUT2D eigenvalue weighted by atomic mass is 16.2. The van der Waals surface area contributed by atoms with Gasteiger partial charge in [-0.1, -0.05) is 12.1 Å². The molecule has 0 radical (unpaired) electrons. The SMILES string of the molecule is Cc1ccc(CN2CCN(C(=O)n3ccc(C(N)=O)n3)[C@H](C)C2)c(N2CCCC2)c1. The molecule has 0 bridgehead atoms. The molecule has 2 N–H and O–H groups in total. The van der Waals surface area contributed by atoms with E-state index >= 15 is 0 Å². The lowest BCUT2D eigenvalue weighted by molar-refractivity contribution is 0.0964. The van der Waals surface area contributed by atoms with Gasteiger partial charge in [0, 0.05) is 57.2 Å². The first-order valence-electron chi connectivity index (χ1n) is 10.7. The molecule has 0 unspecified atom stereocenters. The Hall–Kier alpha value is -2.87. The Morgan fingerprint density at radius 3 is 2.57 bits per heavy atom. The van der Waals surface area contributed by atoms with E-state index in [2.05, 4.69) is 46.9 Å². The van der Waals surface area contributed by atoms with Crippen LogP contribution < -0.4 is 10.6 Å². The summed E-state index contributed by atoms with van der Waals surface area (Å²) < 4.78 is 1.21. The summed E-state index contributed by atoms with van der Waals surface area (Å²) in [6.45, 7) is 9.56. The predicted octanol–water partition coefficient (Wildman–Crippen LogP) is 2.07. The number of carbonyl (C=O) groups excluding carboxylic acids is 2. The monoisotopic (exact) mass is 410 g/mol. The van der Waals surface area contributed by atoms with E-state index < -0.39 is 5.91 Å². The van der Waals surface area contributed by atoms with Crippen LogP contribution in [0.4, 0.5) is 10.5 Å². The average Bonchev–Trinajstić information content (AvgIpc) is 3.41. The highest BCUT2D eigenvalue weighted by Gasteiger charge is 2.29. The summed E-state index contributed by atoms with van der Waals surface area (Å²) in [7, 11) is 0. The summed E-state index contributed by atoms with van der Waals surface area (Å²) >= 11 is 0. The molecule has 8 nitrogen and oxygen atoms in total. The van der Waals surface area contributed by atoms with Gasteiger partial charge in [0.2, 0.25) is 0 Å². The number of primary amides is 1. The number of piperazine rings is 1. The maximum Gasteiger partial charge on any atom is 0.344 e. The Kier molecular flexibility index (Phi) is 5.76. The standard InChI is InChI=1S/C22H30N6O2/c1-16-5-6-18(20(13-16)26-8-3-4-9-26)15-25-11-12-27(17(2)14-25)22(30)28-10-7-19(24-28)21(23)29/h5-7,10,13,17H,3-4,8-9,11-12,14-15H2,1-2H3,(H2,23,29)/t17-/m1/s1. The third-order valence-corrected chi connectivity index (χ3v) is 6.08. The van der Waals surface area contributed by atoms with Gasteiger partial charge in [0.25, 0.3) is 5.91 Å². The number of aromatic nitrogens is 2. The number of nitrogens with zero attached hydrogens (tertiary/aromatic N) is 5. The van der Waals surface area contributed by atoms with Crippen molar-refractivity contribution in [3.05, 3.63) is 47.3 Å². The van der Waals surface area contributed by atoms with Gasteiger partial charge in [-0.3, -0.25) is 9.69 Å². The molecule has 1 atom stereocenters. The van der Waals surface area contributed by atoms with E-state index in [9.17, 15) is 9.59 Å². The van der Waals surface area contributed by atoms with Gasteiger partial charge < -0.3 is 15.5 Å². The maximum atomic E-state index is 12.8. The smallest absolute Gasteiger partial charge is 0.344 e. The van der Waals surface area contributed by atoms with E-state index in [1.807, 2.05) is 4.90 Å². The molecule has 1 aromatic carbocycles. The zero-order valence-electron chi connectivity index (χ0n) is 17.8. The lowest BCUT2D eigenvalue weighted by atomic mass is 10.1. The first-order chi connectivity index (χ1) is 14.4. The van der Waals surface area contributed by atoms with E-state index in [-0.39, 0.29) is 17.8 Å². The van der Waals surface area contributed by atoms with Crippen molar-refractivity contribution >= 4 is 17.6 Å². The molecular formula is C22H30N6O2. The van der Waals surface area contributed by atoms with Crippen molar-refractivity contribution in [3.8, 4) is 0 Å². The summed E-state index contributed by atoms with van der Waals surface area (Å²) in [4.78, 5) is 30.8. The Bertz CT molecular complexity index is 933. The molecule has 0 spiro atoms. The summed E-state index contributed by atoms with van der Waals surface area (Å²) in [5, 5.41) is 4.00. The van der Waals surface area contributed by atoms with E-state index in [1.54, 1.807) is 0 Å². The van der Waals surface area contributed by atoms with Gasteiger partial charge in [-0.05, 0) is 49.9 Å². The molecule has 30 heavy (non-hydrogen) atoms. The Morgan fingerprint density at radius 1 is 1.13 bits per heavy atom. The van der Waals surface area contributed by atoms with Crippen LogP contribution in [0.15, 0.2) is 30.5 Å². The van der Waals surface area contributed by atoms with Crippen LogP contribution in [0.3, 0.4) is 0 Å². The number of anilines is 1. The second-order valence-electron chi connectivity index (χ2n) is 8.40. The van der Waals surface area contributed by atoms with E-state index in [1.165, 1.54) is 46.6 Å². The number of hydrogen-bond acceptors (Lipinski definition) is 5. The number of hydrogen-bond donors (Lipinski definition) is 1. The van der Waals surface area contributed by atoms with Crippen LogP contribution in [-0.2, 0) is 6.54 Å². The third-order valence-electron chi connectivity index (χ3n) is 6.08. The van der Waals surface area contributed by atoms with E-state index in [0.717, 1.165) is 32.7 Å². The largest absolute Gasteiger partial charge is 0.371 e. The zero-order chi connectivity index (χ0) is 21.3. The van der Waals surface area contributed by atoms with Gasteiger partial charge in [0.05, 0.1) is 0 Å². The van der Waals surface area contributed by atoms with Gasteiger partial charge >= 0.3 is 6.03 Å². The molecule has 3 heterocycles. The fourth-order valence-electron chi connectivity index (χ4n) is 4.46. The molecule has 2 aliphatic rings. The van der Waals surface area contributed by atoms with E-state index in [0.29, 0.717) is 6.54 Å². The van der Waals surface area contributed by atoms with Crippen LogP contribution in [0.5, 0.6) is 0 Å². The molecule has 2 amide bonds. The lowest BCUT2D eigenvalue weighted by Gasteiger charge is -2.40. The normalized spacial score (nSPS) is 20.0. The van der Waals surface area contributed by atoms with Gasteiger partial charge in [-0.15, -0.1) is 0 Å². The Labute approximate surface area is 177 Å². The molecule has 2 saturated heterocycles. The van der Waals surface area contributed by atoms with Crippen molar-refractivity contribution in [1.82, 2.24) is 19.6 Å². The second kappa shape index (κ2) is 8.47. The molecule has 2 aliphatic heterocycles. The van der Waals surface area contributed by atoms with Gasteiger partial charge in [-0.25, -0.2) is 4.79 Å². The minimum absolute atomic E-state index is 0.0492. The topological polar surface area (TPSA) is 87.7 Å². The fraction of sp³-hybridized carbons (Fsp3) is 0.500. The van der Waals surface area contributed by atoms with Crippen LogP contribution in [0.1, 0.15) is 41.4 Å². The van der Waals surface area contributed by atoms with Crippen molar-refractivity contribution in [1.29, 1.82) is 0 Å². The lowest BCUT2D eigenvalue weighted by Crippen LogP contribution is -2.54. The third kappa shape index (κ3) is 4.18. The number of nitrogens with two attached hydrogens (primary N) is 1. The average molecular weight is 411 g/mol. The Balaban J connectivity index is 1.42. The molecule has 0 aliphatic carbocycles. The van der Waals surface area contributed by atoms with Crippen LogP contribution in [0.2, 0.25) is 0 Å². The first kappa shape index (κ1) is 20.4. The highest BCUT2D eigenvalue weighted by Crippen LogP contribution is 2.28. The van der Waals surface area contributed by atoms with Gasteiger partial charge in [0.15, 0.2) is 5.69 Å². The maximum absolute atomic E-state index is 12.8. The number of aryl methyl sites for hydroxylation is 1. The second-order valence-corrected chi connectivity index (χ2v) is 8.40. The van der Waals surface area contributed by atoms with Crippen LogP contribution >= 0.6 is 0 Å². The van der Waals surface area contributed by atoms with Crippen molar-refractivity contribution in [2.75, 3.05) is 37.6 Å². The van der Waals surface area contributed by atoms with Gasteiger partial charge in [0.1, 0.15) is 0 Å². The molecule has 8 heteroatoms. The number of carbonyl (C=O) groups is 2. The number of benzene rings is 1. The molecule has 0 saturated carbocycles. The molecule has 4 rings (SSSR count). The van der Waals surface area contributed by atoms with Crippen LogP contribution in [-0.4, -0.2) is 70.3 Å². The van der Waals surface area contributed by atoms with Crippen molar-refractivity contribution in [3.63, 3.8) is 0 Å². The number of rotatable bonds is 4. The first-order valence-corrected chi connectivity index (χ1v) is 10.7. The molecule has 1 aromatic heterocycles. The summed E-state index contributed by atoms with van der Waals surface area (Å²) in [6, 6.07) is 8.04. The molecule has 2 fully saturated rings. The highest BCUT2D eigenvalue weighted by molar-refractivity contribution is 5.91. The van der Waals surface area contributed by atoms with Crippen molar-refractivity contribution in [2.45, 2.75) is 39.3 Å². The van der Waals surface area contributed by atoms with Crippen LogP contribution in [0.25, 0.3) is 0 Å². The molecule has 160 valence electrons.